The molecule has 2 aliphatic heterocycles. The van der Waals surface area contributed by atoms with Gasteiger partial charge in [-0.1, -0.05) is 142 Å². The standard InChI is InChI=1S/C44H44Cl6N4O6/c45-43(46,47)41(51-39(55)33-17-15-31(27-29-9-3-1-4-10-29)37(33)53-19-23-57-24-20-53)59-35-13-7-8-14-36(35)60-42(44(48,49)50)52-40(56)34-18-16-32(28-30-11-5-2-6-12-30)38(34)54-21-25-58-26-22-54/h1-14,27-28,41-42H,15-26H2,(H,51,55)(H,52,56). The van der Waals surface area contributed by atoms with Crippen LogP contribution < -0.4 is 20.1 Å². The molecule has 2 amide bonds. The Morgan fingerprint density at radius 2 is 0.900 bits per heavy atom. The molecule has 10 nitrogen and oxygen atoms in total. The van der Waals surface area contributed by atoms with Gasteiger partial charge in [0.05, 0.1) is 26.4 Å². The van der Waals surface area contributed by atoms with E-state index < -0.39 is 31.9 Å². The number of para-hydroxylation sites is 2. The van der Waals surface area contributed by atoms with Gasteiger partial charge in [-0.25, -0.2) is 0 Å². The first-order valence-corrected chi connectivity index (χ1v) is 21.9. The maximum Gasteiger partial charge on any atom is 0.252 e. The number of benzene rings is 3. The minimum absolute atomic E-state index is 0.0447. The van der Waals surface area contributed by atoms with Crippen molar-refractivity contribution in [2.45, 2.75) is 45.7 Å². The third-order valence-electron chi connectivity index (χ3n) is 10.4. The Labute approximate surface area is 379 Å². The molecule has 2 atom stereocenters. The van der Waals surface area contributed by atoms with Crippen molar-refractivity contribution in [2.24, 2.45) is 0 Å². The average Bonchev–Trinajstić information content (AvgIpc) is 3.86. The Morgan fingerprint density at radius 1 is 0.550 bits per heavy atom. The summed E-state index contributed by atoms with van der Waals surface area (Å²) in [6, 6.07) is 26.3. The number of amides is 2. The molecule has 0 spiro atoms. The molecule has 2 fully saturated rings. The molecule has 7 rings (SSSR count). The van der Waals surface area contributed by atoms with E-state index >= 15 is 0 Å². The number of carbonyl (C=O) groups is 2. The quantitative estimate of drug-likeness (QED) is 0.137. The van der Waals surface area contributed by atoms with Crippen molar-refractivity contribution in [1.82, 2.24) is 20.4 Å². The van der Waals surface area contributed by atoms with Crippen LogP contribution in [0.25, 0.3) is 12.2 Å². The maximum absolute atomic E-state index is 14.2. The SMILES string of the molecule is O=C(NC(Oc1ccccc1OC(NC(=O)C1=C(N2CCOCC2)C(=Cc2ccccc2)CC1)C(Cl)(Cl)Cl)C(Cl)(Cl)Cl)C1=C(N2CCOCC2)C(=Cc2ccccc2)CC1. The van der Waals surface area contributed by atoms with Crippen molar-refractivity contribution < 1.29 is 28.5 Å². The highest BCUT2D eigenvalue weighted by atomic mass is 35.6. The Hall–Kier alpha value is -3.58. The second-order valence-electron chi connectivity index (χ2n) is 14.5. The summed E-state index contributed by atoms with van der Waals surface area (Å²) in [4.78, 5) is 32.7. The molecule has 2 saturated heterocycles. The second-order valence-corrected chi connectivity index (χ2v) is 19.2. The van der Waals surface area contributed by atoms with Gasteiger partial charge in [0.15, 0.2) is 11.5 Å². The summed E-state index contributed by atoms with van der Waals surface area (Å²) in [6.45, 7) is 4.59. The first-order valence-electron chi connectivity index (χ1n) is 19.7. The normalized spacial score (nSPS) is 20.1. The number of allylic oxidation sites excluding steroid dienone is 2. The summed E-state index contributed by atoms with van der Waals surface area (Å²) in [7, 11) is 0. The molecule has 3 aromatic rings. The zero-order valence-electron chi connectivity index (χ0n) is 32.5. The van der Waals surface area contributed by atoms with Crippen molar-refractivity contribution in [2.75, 3.05) is 52.6 Å². The van der Waals surface area contributed by atoms with E-state index in [2.05, 4.69) is 32.6 Å². The Morgan fingerprint density at radius 3 is 1.25 bits per heavy atom. The number of carbonyl (C=O) groups excluding carboxylic acids is 2. The minimum Gasteiger partial charge on any atom is -0.462 e. The summed E-state index contributed by atoms with van der Waals surface area (Å²) < 4.78 is 19.4. The molecule has 0 saturated carbocycles. The first-order chi connectivity index (χ1) is 28.8. The predicted octanol–water partition coefficient (Wildman–Crippen LogP) is 9.00. The molecule has 2 heterocycles. The highest BCUT2D eigenvalue weighted by Crippen LogP contribution is 2.41. The highest BCUT2D eigenvalue weighted by molar-refractivity contribution is 6.68. The number of morpholine rings is 2. The maximum atomic E-state index is 14.2. The van der Waals surface area contributed by atoms with Crippen molar-refractivity contribution in [3.63, 3.8) is 0 Å². The smallest absolute Gasteiger partial charge is 0.252 e. The second kappa shape index (κ2) is 20.1. The fourth-order valence-electron chi connectivity index (χ4n) is 7.63. The van der Waals surface area contributed by atoms with Crippen LogP contribution in [0.4, 0.5) is 0 Å². The zero-order valence-corrected chi connectivity index (χ0v) is 37.0. The van der Waals surface area contributed by atoms with E-state index in [0.717, 1.165) is 33.7 Å². The molecule has 4 aliphatic rings. The fourth-order valence-corrected chi connectivity index (χ4v) is 8.23. The number of nitrogens with one attached hydrogen (secondary N) is 2. The van der Waals surface area contributed by atoms with Crippen LogP contribution in [-0.2, 0) is 19.1 Å². The summed E-state index contributed by atoms with van der Waals surface area (Å²) in [5, 5.41) is 5.62. The van der Waals surface area contributed by atoms with Crippen LogP contribution in [0.1, 0.15) is 36.8 Å². The van der Waals surface area contributed by atoms with Crippen molar-refractivity contribution in [3.8, 4) is 11.5 Å². The fraction of sp³-hybridized carbons (Fsp3) is 0.364. The van der Waals surface area contributed by atoms with Gasteiger partial charge in [-0.3, -0.25) is 9.59 Å². The molecule has 2 unspecified atom stereocenters. The van der Waals surface area contributed by atoms with Crippen molar-refractivity contribution in [1.29, 1.82) is 0 Å². The number of nitrogens with zero attached hydrogens (tertiary/aromatic N) is 2. The van der Waals surface area contributed by atoms with Gasteiger partial charge >= 0.3 is 0 Å². The van der Waals surface area contributed by atoms with Crippen molar-refractivity contribution >= 4 is 93.6 Å². The van der Waals surface area contributed by atoms with E-state index in [4.69, 9.17) is 88.6 Å². The predicted molar refractivity (Wildman–Crippen MR) is 238 cm³/mol. The molecule has 2 N–H and O–H groups in total. The molecule has 60 heavy (non-hydrogen) atoms. The van der Waals surface area contributed by atoms with E-state index in [1.807, 2.05) is 60.7 Å². The molecule has 16 heteroatoms. The molecule has 0 aromatic heterocycles. The summed E-state index contributed by atoms with van der Waals surface area (Å²) in [5.41, 5.74) is 6.79. The Bertz CT molecular complexity index is 1970. The third kappa shape index (κ3) is 11.3. The Kier molecular flexibility index (Phi) is 14.9. The first kappa shape index (κ1) is 44.5. The van der Waals surface area contributed by atoms with Crippen LogP contribution in [0.15, 0.2) is 119 Å². The highest BCUT2D eigenvalue weighted by Gasteiger charge is 2.42. The lowest BCUT2D eigenvalue weighted by atomic mass is 10.1. The molecule has 0 bridgehead atoms. The number of hydrogen-bond donors (Lipinski definition) is 2. The van der Waals surface area contributed by atoms with E-state index in [0.29, 0.717) is 89.4 Å². The Balaban J connectivity index is 1.13. The summed E-state index contributed by atoms with van der Waals surface area (Å²) in [5.74, 6) is -0.835. The van der Waals surface area contributed by atoms with E-state index in [1.54, 1.807) is 24.3 Å². The lowest BCUT2D eigenvalue weighted by Crippen LogP contribution is -2.49. The van der Waals surface area contributed by atoms with Gasteiger partial charge in [0.1, 0.15) is 0 Å². The number of ether oxygens (including phenoxy) is 4. The molecule has 3 aromatic carbocycles. The lowest BCUT2D eigenvalue weighted by molar-refractivity contribution is -0.121. The number of rotatable bonds is 12. The van der Waals surface area contributed by atoms with Gasteiger partial charge in [-0.05, 0) is 72.2 Å². The monoisotopic (exact) mass is 934 g/mol. The van der Waals surface area contributed by atoms with Gasteiger partial charge in [-0.2, -0.15) is 0 Å². The van der Waals surface area contributed by atoms with Crippen LogP contribution in [0, 0.1) is 0 Å². The number of hydrogen-bond acceptors (Lipinski definition) is 8. The van der Waals surface area contributed by atoms with Crippen LogP contribution in [0.3, 0.4) is 0 Å². The van der Waals surface area contributed by atoms with Gasteiger partial charge in [0.2, 0.25) is 20.0 Å². The van der Waals surface area contributed by atoms with E-state index in [1.165, 1.54) is 0 Å². The molecular formula is C44H44Cl6N4O6. The summed E-state index contributed by atoms with van der Waals surface area (Å²) >= 11 is 38.9. The molecular weight excluding hydrogens is 893 g/mol. The largest absolute Gasteiger partial charge is 0.462 e. The minimum atomic E-state index is -2.15. The van der Waals surface area contributed by atoms with E-state index in [-0.39, 0.29) is 11.5 Å². The van der Waals surface area contributed by atoms with Crippen molar-refractivity contribution in [3.05, 3.63) is 130 Å². The van der Waals surface area contributed by atoms with Crippen LogP contribution in [0.5, 0.6) is 11.5 Å². The third-order valence-corrected chi connectivity index (χ3v) is 11.6. The zero-order chi connectivity index (χ0) is 42.3. The van der Waals surface area contributed by atoms with Gasteiger partial charge < -0.3 is 39.4 Å². The van der Waals surface area contributed by atoms with Gasteiger partial charge in [-0.15, -0.1) is 0 Å². The van der Waals surface area contributed by atoms with Crippen LogP contribution in [0.2, 0.25) is 0 Å². The van der Waals surface area contributed by atoms with Crippen LogP contribution in [-0.4, -0.2) is 94.3 Å². The average molecular weight is 938 g/mol. The number of alkyl halides is 6. The molecule has 2 aliphatic carbocycles. The summed E-state index contributed by atoms with van der Waals surface area (Å²) in [6.07, 6.45) is 3.37. The molecule has 318 valence electrons. The van der Waals surface area contributed by atoms with Gasteiger partial charge in [0, 0.05) is 48.7 Å². The topological polar surface area (TPSA) is 102 Å². The van der Waals surface area contributed by atoms with Gasteiger partial charge in [0.25, 0.3) is 11.8 Å². The van der Waals surface area contributed by atoms with E-state index in [9.17, 15) is 9.59 Å². The van der Waals surface area contributed by atoms with Crippen LogP contribution >= 0.6 is 69.6 Å². The number of halogens is 6. The lowest BCUT2D eigenvalue weighted by Gasteiger charge is -2.33. The molecule has 0 radical (unpaired) electrons.